The SMILES string of the molecule is COc1ccc(-c2nc3cc(NC(=O)c4ccc(C)c(C)c4)ccc3o2)cc1. The Balaban J connectivity index is 1.58. The summed E-state index contributed by atoms with van der Waals surface area (Å²) >= 11 is 0. The lowest BCUT2D eigenvalue weighted by Gasteiger charge is -2.07. The Morgan fingerprint density at radius 2 is 1.75 bits per heavy atom. The normalized spacial score (nSPS) is 10.8. The van der Waals surface area contributed by atoms with Crippen LogP contribution >= 0.6 is 0 Å². The van der Waals surface area contributed by atoms with E-state index in [0.717, 1.165) is 22.4 Å². The van der Waals surface area contributed by atoms with Crippen molar-refractivity contribution in [3.05, 3.63) is 77.4 Å². The van der Waals surface area contributed by atoms with E-state index in [-0.39, 0.29) is 5.91 Å². The Morgan fingerprint density at radius 1 is 0.964 bits per heavy atom. The molecule has 0 fully saturated rings. The monoisotopic (exact) mass is 372 g/mol. The minimum Gasteiger partial charge on any atom is -0.497 e. The van der Waals surface area contributed by atoms with E-state index in [4.69, 9.17) is 9.15 Å². The number of aromatic nitrogens is 1. The van der Waals surface area contributed by atoms with Gasteiger partial charge in [0, 0.05) is 16.8 Å². The molecule has 0 saturated carbocycles. The zero-order valence-electron chi connectivity index (χ0n) is 15.9. The highest BCUT2D eigenvalue weighted by Gasteiger charge is 2.11. The van der Waals surface area contributed by atoms with Crippen LogP contribution in [0.3, 0.4) is 0 Å². The maximum atomic E-state index is 12.5. The van der Waals surface area contributed by atoms with E-state index in [1.165, 1.54) is 0 Å². The number of oxazole rings is 1. The molecule has 0 aliphatic heterocycles. The van der Waals surface area contributed by atoms with E-state index in [9.17, 15) is 4.79 Å². The fourth-order valence-electron chi connectivity index (χ4n) is 2.95. The second-order valence-corrected chi connectivity index (χ2v) is 6.68. The fraction of sp³-hybridized carbons (Fsp3) is 0.130. The highest BCUT2D eigenvalue weighted by atomic mass is 16.5. The first-order valence-electron chi connectivity index (χ1n) is 8.97. The number of ether oxygens (including phenoxy) is 1. The minimum absolute atomic E-state index is 0.152. The van der Waals surface area contributed by atoms with Crippen LogP contribution in [-0.4, -0.2) is 18.0 Å². The summed E-state index contributed by atoms with van der Waals surface area (Å²) < 4.78 is 11.0. The molecular weight excluding hydrogens is 352 g/mol. The first-order chi connectivity index (χ1) is 13.5. The van der Waals surface area contributed by atoms with E-state index in [2.05, 4.69) is 10.3 Å². The summed E-state index contributed by atoms with van der Waals surface area (Å²) in [7, 11) is 1.63. The van der Waals surface area contributed by atoms with Gasteiger partial charge in [-0.05, 0) is 79.6 Å². The van der Waals surface area contributed by atoms with Crippen molar-refractivity contribution in [1.29, 1.82) is 0 Å². The molecule has 140 valence electrons. The smallest absolute Gasteiger partial charge is 0.255 e. The van der Waals surface area contributed by atoms with Crippen LogP contribution in [0.5, 0.6) is 5.75 Å². The maximum absolute atomic E-state index is 12.5. The van der Waals surface area contributed by atoms with Gasteiger partial charge >= 0.3 is 0 Å². The highest BCUT2D eigenvalue weighted by Crippen LogP contribution is 2.27. The predicted molar refractivity (Wildman–Crippen MR) is 110 cm³/mol. The standard InChI is InChI=1S/C23H20N2O3/c1-14-4-5-17(12-15(14)2)22(26)24-18-8-11-21-20(13-18)25-23(28-21)16-6-9-19(27-3)10-7-16/h4-13H,1-3H3,(H,24,26). The van der Waals surface area contributed by atoms with Gasteiger partial charge in [0.15, 0.2) is 5.58 Å². The molecule has 1 N–H and O–H groups in total. The summed E-state index contributed by atoms with van der Waals surface area (Å²) in [5.74, 6) is 1.15. The van der Waals surface area contributed by atoms with E-state index in [1.807, 2.05) is 74.5 Å². The Hall–Kier alpha value is -3.60. The van der Waals surface area contributed by atoms with Crippen molar-refractivity contribution in [3.8, 4) is 17.2 Å². The number of benzene rings is 3. The topological polar surface area (TPSA) is 64.4 Å². The average molecular weight is 372 g/mol. The molecule has 4 aromatic rings. The molecule has 3 aromatic carbocycles. The molecular formula is C23H20N2O3. The van der Waals surface area contributed by atoms with Crippen LogP contribution in [0.2, 0.25) is 0 Å². The number of hydrogen-bond acceptors (Lipinski definition) is 4. The Morgan fingerprint density at radius 3 is 2.46 bits per heavy atom. The van der Waals surface area contributed by atoms with E-state index in [0.29, 0.717) is 28.2 Å². The van der Waals surface area contributed by atoms with Crippen molar-refractivity contribution in [2.45, 2.75) is 13.8 Å². The molecule has 28 heavy (non-hydrogen) atoms. The second kappa shape index (κ2) is 7.19. The summed E-state index contributed by atoms with van der Waals surface area (Å²) in [6.07, 6.45) is 0. The molecule has 0 aliphatic rings. The number of hydrogen-bond donors (Lipinski definition) is 1. The third-order valence-electron chi connectivity index (χ3n) is 4.75. The van der Waals surface area contributed by atoms with Crippen LogP contribution in [0, 0.1) is 13.8 Å². The van der Waals surface area contributed by atoms with E-state index in [1.54, 1.807) is 7.11 Å². The Kier molecular flexibility index (Phi) is 4.57. The molecule has 5 nitrogen and oxygen atoms in total. The lowest BCUT2D eigenvalue weighted by molar-refractivity contribution is 0.102. The Bertz CT molecular complexity index is 1160. The molecule has 0 saturated heterocycles. The van der Waals surface area contributed by atoms with Crippen LogP contribution in [0.4, 0.5) is 5.69 Å². The first kappa shape index (κ1) is 17.8. The molecule has 0 spiro atoms. The lowest BCUT2D eigenvalue weighted by Crippen LogP contribution is -2.12. The quantitative estimate of drug-likeness (QED) is 0.523. The molecule has 0 radical (unpaired) electrons. The molecule has 4 rings (SSSR count). The summed E-state index contributed by atoms with van der Waals surface area (Å²) in [6.45, 7) is 4.02. The molecule has 1 aromatic heterocycles. The van der Waals surface area contributed by atoms with Crippen LogP contribution in [-0.2, 0) is 0 Å². The zero-order valence-corrected chi connectivity index (χ0v) is 15.9. The van der Waals surface area contributed by atoms with Gasteiger partial charge in [0.05, 0.1) is 7.11 Å². The number of fused-ring (bicyclic) bond motifs is 1. The lowest BCUT2D eigenvalue weighted by atomic mass is 10.1. The van der Waals surface area contributed by atoms with Gasteiger partial charge in [-0.1, -0.05) is 6.07 Å². The van der Waals surface area contributed by atoms with Crippen LogP contribution in [0.25, 0.3) is 22.6 Å². The number of rotatable bonds is 4. The molecule has 0 aliphatic carbocycles. The maximum Gasteiger partial charge on any atom is 0.255 e. The molecule has 0 atom stereocenters. The number of carbonyl (C=O) groups excluding carboxylic acids is 1. The highest BCUT2D eigenvalue weighted by molar-refractivity contribution is 6.05. The summed E-state index contributed by atoms with van der Waals surface area (Å²) in [4.78, 5) is 17.1. The predicted octanol–water partition coefficient (Wildman–Crippen LogP) is 5.37. The zero-order chi connectivity index (χ0) is 19.7. The van der Waals surface area contributed by atoms with Crippen molar-refractivity contribution in [2.75, 3.05) is 12.4 Å². The van der Waals surface area contributed by atoms with Crippen molar-refractivity contribution < 1.29 is 13.9 Å². The van der Waals surface area contributed by atoms with Gasteiger partial charge in [-0.3, -0.25) is 4.79 Å². The van der Waals surface area contributed by atoms with Crippen molar-refractivity contribution in [2.24, 2.45) is 0 Å². The summed E-state index contributed by atoms with van der Waals surface area (Å²) in [6, 6.07) is 18.6. The summed E-state index contributed by atoms with van der Waals surface area (Å²) in [5, 5.41) is 2.92. The molecule has 1 heterocycles. The third-order valence-corrected chi connectivity index (χ3v) is 4.75. The van der Waals surface area contributed by atoms with Gasteiger partial charge in [0.2, 0.25) is 5.89 Å². The minimum atomic E-state index is -0.152. The molecule has 0 unspecified atom stereocenters. The summed E-state index contributed by atoms with van der Waals surface area (Å²) in [5.41, 5.74) is 5.75. The second-order valence-electron chi connectivity index (χ2n) is 6.68. The first-order valence-corrected chi connectivity index (χ1v) is 8.97. The fourth-order valence-corrected chi connectivity index (χ4v) is 2.95. The average Bonchev–Trinajstić information content (AvgIpc) is 3.13. The van der Waals surface area contributed by atoms with Gasteiger partial charge < -0.3 is 14.5 Å². The van der Waals surface area contributed by atoms with Crippen LogP contribution in [0.15, 0.2) is 65.1 Å². The number of amides is 1. The number of anilines is 1. The number of carbonyl (C=O) groups is 1. The van der Waals surface area contributed by atoms with Gasteiger partial charge in [-0.25, -0.2) is 4.98 Å². The number of aryl methyl sites for hydroxylation is 2. The van der Waals surface area contributed by atoms with Crippen molar-refractivity contribution in [3.63, 3.8) is 0 Å². The van der Waals surface area contributed by atoms with Crippen LogP contribution < -0.4 is 10.1 Å². The molecule has 1 amide bonds. The largest absolute Gasteiger partial charge is 0.497 e. The van der Waals surface area contributed by atoms with E-state index < -0.39 is 0 Å². The number of nitrogens with one attached hydrogen (secondary N) is 1. The van der Waals surface area contributed by atoms with Gasteiger partial charge in [-0.15, -0.1) is 0 Å². The number of nitrogens with zero attached hydrogens (tertiary/aromatic N) is 1. The Labute approximate surface area is 163 Å². The van der Waals surface area contributed by atoms with Crippen LogP contribution in [0.1, 0.15) is 21.5 Å². The van der Waals surface area contributed by atoms with Crippen molar-refractivity contribution >= 4 is 22.7 Å². The number of methoxy groups -OCH3 is 1. The van der Waals surface area contributed by atoms with Gasteiger partial charge in [-0.2, -0.15) is 0 Å². The molecule has 5 heteroatoms. The van der Waals surface area contributed by atoms with E-state index >= 15 is 0 Å². The third kappa shape index (κ3) is 3.47. The van der Waals surface area contributed by atoms with Crippen molar-refractivity contribution in [1.82, 2.24) is 4.98 Å². The van der Waals surface area contributed by atoms with Gasteiger partial charge in [0.25, 0.3) is 5.91 Å². The molecule has 0 bridgehead atoms. The van der Waals surface area contributed by atoms with Gasteiger partial charge in [0.1, 0.15) is 11.3 Å².